The SMILES string of the molecule is CCCCCCCC/C=C/CCCCCCCC(=O)OC[C@H](COP(=O)([O-])OCC)OC(=O)CCCCCCCCCCCCCCC.[Na+]. The van der Waals surface area contributed by atoms with Crippen LogP contribution < -0.4 is 34.5 Å². The molecule has 0 aliphatic rings. The molecule has 0 aromatic heterocycles. The number of carbonyl (C=O) groups is 2. The van der Waals surface area contributed by atoms with Crippen molar-refractivity contribution in [1.82, 2.24) is 0 Å². The van der Waals surface area contributed by atoms with Crippen LogP contribution in [0.1, 0.15) is 201 Å². The van der Waals surface area contributed by atoms with Crippen LogP contribution in [0.25, 0.3) is 0 Å². The van der Waals surface area contributed by atoms with Crippen LogP contribution in [0, 0.1) is 0 Å². The molecule has 0 bridgehead atoms. The molecule has 0 aromatic carbocycles. The van der Waals surface area contributed by atoms with Crippen molar-refractivity contribution in [1.29, 1.82) is 0 Å². The summed E-state index contributed by atoms with van der Waals surface area (Å²) in [6.45, 7) is 5.27. The second kappa shape index (κ2) is 39.0. The molecule has 1 unspecified atom stereocenters. The minimum absolute atomic E-state index is 0. The maximum absolute atomic E-state index is 12.5. The first-order valence-corrected chi connectivity index (χ1v) is 21.4. The molecule has 0 rings (SSSR count). The summed E-state index contributed by atoms with van der Waals surface area (Å²) in [7, 11) is -4.52. The van der Waals surface area contributed by atoms with Crippen molar-refractivity contribution in [3.05, 3.63) is 12.2 Å². The summed E-state index contributed by atoms with van der Waals surface area (Å²) in [6.07, 6.45) is 35.2. The summed E-state index contributed by atoms with van der Waals surface area (Å²) in [4.78, 5) is 36.7. The summed E-state index contributed by atoms with van der Waals surface area (Å²) < 4.78 is 32.2. The molecule has 0 spiro atoms. The van der Waals surface area contributed by atoms with Gasteiger partial charge >= 0.3 is 41.5 Å². The Labute approximate surface area is 323 Å². The predicted octanol–water partition coefficient (Wildman–Crippen LogP) is 8.49. The Hall–Kier alpha value is -0.210. The molecule has 0 saturated carbocycles. The van der Waals surface area contributed by atoms with E-state index in [9.17, 15) is 19.0 Å². The Bertz CT molecular complexity index is 810. The van der Waals surface area contributed by atoms with Crippen LogP contribution >= 0.6 is 7.82 Å². The maximum atomic E-state index is 12.5. The van der Waals surface area contributed by atoms with Crippen LogP contribution in [0.5, 0.6) is 0 Å². The van der Waals surface area contributed by atoms with Crippen molar-refractivity contribution in [2.45, 2.75) is 207 Å². The number of allylic oxidation sites excluding steroid dienone is 2. The molecule has 0 aliphatic carbocycles. The summed E-state index contributed by atoms with van der Waals surface area (Å²) in [5.41, 5.74) is 0. The van der Waals surface area contributed by atoms with Crippen LogP contribution in [0.2, 0.25) is 0 Å². The van der Waals surface area contributed by atoms with Gasteiger partial charge in [0.1, 0.15) is 6.61 Å². The van der Waals surface area contributed by atoms with Crippen molar-refractivity contribution < 1.29 is 67.1 Å². The third-order valence-electron chi connectivity index (χ3n) is 8.56. The van der Waals surface area contributed by atoms with Gasteiger partial charge in [-0.2, -0.15) is 0 Å². The molecule has 0 heterocycles. The minimum atomic E-state index is -4.52. The molecule has 49 heavy (non-hydrogen) atoms. The van der Waals surface area contributed by atoms with Crippen molar-refractivity contribution in [3.63, 3.8) is 0 Å². The fourth-order valence-electron chi connectivity index (χ4n) is 5.62. The standard InChI is InChI=1S/C39H75O8P.Na/c1-4-7-9-11-13-15-17-19-20-22-23-25-27-29-31-33-38(40)44-35-37(36-46-48(42,43)45-6-3)47-39(41)34-32-30-28-26-24-21-18-16-14-12-10-8-5-2;/h19-20,37H,4-18,21-36H2,1-3H3,(H,42,43);/q;+1/p-1/b20-19+;/t37-;/m1./s1. The molecule has 0 saturated heterocycles. The quantitative estimate of drug-likeness (QED) is 0.0206. The normalized spacial score (nSPS) is 13.2. The first-order valence-electron chi connectivity index (χ1n) is 19.9. The number of unbranched alkanes of at least 4 members (excludes halogenated alkanes) is 23. The molecular weight excluding hydrogens is 650 g/mol. The van der Waals surface area contributed by atoms with E-state index < -0.39 is 26.5 Å². The number of carbonyl (C=O) groups excluding carboxylic acids is 2. The molecule has 0 aliphatic heterocycles. The van der Waals surface area contributed by atoms with E-state index >= 15 is 0 Å². The number of phosphoric acid groups is 1. The molecule has 10 heteroatoms. The molecule has 2 atom stereocenters. The van der Waals surface area contributed by atoms with Crippen LogP contribution in [-0.4, -0.2) is 37.9 Å². The van der Waals surface area contributed by atoms with Crippen LogP contribution in [0.3, 0.4) is 0 Å². The van der Waals surface area contributed by atoms with Gasteiger partial charge in [-0.15, -0.1) is 0 Å². The smallest absolute Gasteiger partial charge is 0.756 e. The molecule has 8 nitrogen and oxygen atoms in total. The first kappa shape index (κ1) is 50.9. The fourth-order valence-corrected chi connectivity index (χ4v) is 6.36. The topological polar surface area (TPSA) is 111 Å². The van der Waals surface area contributed by atoms with Gasteiger partial charge in [0.2, 0.25) is 0 Å². The van der Waals surface area contributed by atoms with Gasteiger partial charge in [0.05, 0.1) is 13.2 Å². The number of rotatable bonds is 37. The largest absolute Gasteiger partial charge is 1.00 e. The maximum Gasteiger partial charge on any atom is 1.00 e. The molecular formula is C39H74NaO8P. The Morgan fingerprint density at radius 1 is 0.551 bits per heavy atom. The Morgan fingerprint density at radius 2 is 0.939 bits per heavy atom. The van der Waals surface area contributed by atoms with Gasteiger partial charge in [0, 0.05) is 12.8 Å². The molecule has 0 radical (unpaired) electrons. The number of phosphoric ester groups is 1. The Balaban J connectivity index is 0. The van der Waals surface area contributed by atoms with E-state index in [1.807, 2.05) is 0 Å². The summed E-state index contributed by atoms with van der Waals surface area (Å²) in [6, 6.07) is 0. The van der Waals surface area contributed by atoms with Gasteiger partial charge < -0.3 is 23.4 Å². The van der Waals surface area contributed by atoms with E-state index in [-0.39, 0.29) is 61.6 Å². The van der Waals surface area contributed by atoms with Crippen molar-refractivity contribution in [2.24, 2.45) is 0 Å². The monoisotopic (exact) mass is 725 g/mol. The van der Waals surface area contributed by atoms with E-state index in [1.165, 1.54) is 116 Å². The number of ether oxygens (including phenoxy) is 2. The van der Waals surface area contributed by atoms with Crippen LogP contribution in [0.15, 0.2) is 12.2 Å². The van der Waals surface area contributed by atoms with E-state index in [2.05, 4.69) is 30.5 Å². The van der Waals surface area contributed by atoms with Crippen molar-refractivity contribution in [3.8, 4) is 0 Å². The van der Waals surface area contributed by atoms with Gasteiger partial charge in [-0.1, -0.05) is 154 Å². The Kier molecular flexibility index (Phi) is 40.5. The van der Waals surface area contributed by atoms with Gasteiger partial charge in [-0.05, 0) is 45.4 Å². The number of hydrogen-bond acceptors (Lipinski definition) is 8. The molecule has 0 fully saturated rings. The molecule has 0 N–H and O–H groups in total. The van der Waals surface area contributed by atoms with Gasteiger partial charge in [-0.3, -0.25) is 14.2 Å². The first-order chi connectivity index (χ1) is 23.3. The Morgan fingerprint density at radius 3 is 1.37 bits per heavy atom. The summed E-state index contributed by atoms with van der Waals surface area (Å²) in [5.74, 6) is -0.836. The van der Waals surface area contributed by atoms with E-state index in [0.29, 0.717) is 6.42 Å². The van der Waals surface area contributed by atoms with Crippen molar-refractivity contribution >= 4 is 19.8 Å². The fraction of sp³-hybridized carbons (Fsp3) is 0.897. The number of esters is 2. The second-order valence-corrected chi connectivity index (χ2v) is 14.7. The zero-order valence-electron chi connectivity index (χ0n) is 32.4. The van der Waals surface area contributed by atoms with E-state index in [0.717, 1.165) is 51.4 Å². The number of hydrogen-bond donors (Lipinski definition) is 0. The van der Waals surface area contributed by atoms with Gasteiger partial charge in [0.25, 0.3) is 7.82 Å². The van der Waals surface area contributed by atoms with Gasteiger partial charge in [0.15, 0.2) is 6.10 Å². The van der Waals surface area contributed by atoms with Crippen molar-refractivity contribution in [2.75, 3.05) is 19.8 Å². The van der Waals surface area contributed by atoms with E-state index in [1.54, 1.807) is 0 Å². The third kappa shape index (κ3) is 38.8. The molecule has 284 valence electrons. The minimum Gasteiger partial charge on any atom is -0.756 e. The molecule has 0 aromatic rings. The average molecular weight is 725 g/mol. The predicted molar refractivity (Wildman–Crippen MR) is 196 cm³/mol. The third-order valence-corrected chi connectivity index (χ3v) is 9.60. The van der Waals surface area contributed by atoms with Crippen LogP contribution in [0.4, 0.5) is 0 Å². The zero-order chi connectivity index (χ0) is 35.4. The molecule has 0 amide bonds. The summed E-state index contributed by atoms with van der Waals surface area (Å²) in [5, 5.41) is 0. The van der Waals surface area contributed by atoms with E-state index in [4.69, 9.17) is 14.0 Å². The van der Waals surface area contributed by atoms with Gasteiger partial charge in [-0.25, -0.2) is 0 Å². The zero-order valence-corrected chi connectivity index (χ0v) is 35.3. The summed E-state index contributed by atoms with van der Waals surface area (Å²) >= 11 is 0. The average Bonchev–Trinajstić information content (AvgIpc) is 3.06. The van der Waals surface area contributed by atoms with Crippen LogP contribution in [-0.2, 0) is 32.7 Å². The second-order valence-electron chi connectivity index (χ2n) is 13.3.